The van der Waals surface area contributed by atoms with E-state index in [4.69, 9.17) is 4.98 Å². The van der Waals surface area contributed by atoms with Gasteiger partial charge in [-0.1, -0.05) is 36.4 Å². The van der Waals surface area contributed by atoms with Crippen LogP contribution in [0.3, 0.4) is 0 Å². The highest BCUT2D eigenvalue weighted by molar-refractivity contribution is 7.19. The van der Waals surface area contributed by atoms with Crippen molar-refractivity contribution in [3.8, 4) is 0 Å². The van der Waals surface area contributed by atoms with Gasteiger partial charge in [-0.25, -0.2) is 4.98 Å². The van der Waals surface area contributed by atoms with Crippen molar-refractivity contribution in [2.24, 2.45) is 0 Å². The lowest BCUT2D eigenvalue weighted by molar-refractivity contribution is 0.977. The molecule has 0 atom stereocenters. The molecule has 1 aliphatic rings. The summed E-state index contributed by atoms with van der Waals surface area (Å²) in [4.78, 5) is 7.05. The summed E-state index contributed by atoms with van der Waals surface area (Å²) in [7, 11) is 0. The number of benzene rings is 2. The van der Waals surface area contributed by atoms with E-state index in [1.165, 1.54) is 21.6 Å². The zero-order chi connectivity index (χ0) is 14.9. The molecule has 0 spiro atoms. The van der Waals surface area contributed by atoms with Gasteiger partial charge in [0.25, 0.3) is 0 Å². The summed E-state index contributed by atoms with van der Waals surface area (Å²) >= 11 is 1.74. The van der Waals surface area contributed by atoms with Crippen molar-refractivity contribution in [3.63, 3.8) is 0 Å². The Morgan fingerprint density at radius 2 is 1.86 bits per heavy atom. The van der Waals surface area contributed by atoms with E-state index in [1.807, 2.05) is 6.07 Å². The quantitative estimate of drug-likeness (QED) is 0.647. The highest BCUT2D eigenvalue weighted by atomic mass is 32.1. The van der Waals surface area contributed by atoms with Crippen LogP contribution in [0.15, 0.2) is 60.3 Å². The third kappa shape index (κ3) is 2.24. The van der Waals surface area contributed by atoms with Crippen molar-refractivity contribution in [2.75, 3.05) is 11.4 Å². The number of fused-ring (bicyclic) bond motifs is 2. The fraction of sp³-hybridized carbons (Fsp3) is 0.105. The van der Waals surface area contributed by atoms with Crippen LogP contribution >= 0.6 is 11.3 Å². The molecule has 22 heavy (non-hydrogen) atoms. The predicted molar refractivity (Wildman–Crippen MR) is 96.1 cm³/mol. The van der Waals surface area contributed by atoms with E-state index in [0.717, 1.165) is 17.1 Å². The standard InChI is InChI=1S/C19H16N2S/c1-2-21-15(12-11-14-7-3-5-9-17(14)21)13-19-20-16-8-4-6-10-18(16)22-19/h3-13H,2H2,1H3/b15-13+. The molecule has 0 saturated heterocycles. The number of rotatable bonds is 2. The minimum Gasteiger partial charge on any atom is -0.341 e. The zero-order valence-electron chi connectivity index (χ0n) is 12.4. The number of anilines is 1. The van der Waals surface area contributed by atoms with Gasteiger partial charge >= 0.3 is 0 Å². The molecule has 3 aromatic rings. The molecule has 0 N–H and O–H groups in total. The first-order chi connectivity index (χ1) is 10.8. The van der Waals surface area contributed by atoms with E-state index in [9.17, 15) is 0 Å². The number of aromatic nitrogens is 1. The van der Waals surface area contributed by atoms with Crippen LogP contribution in [0.25, 0.3) is 22.4 Å². The maximum Gasteiger partial charge on any atom is 0.119 e. The first-order valence-electron chi connectivity index (χ1n) is 7.47. The van der Waals surface area contributed by atoms with Crippen molar-refractivity contribution >= 4 is 39.4 Å². The number of allylic oxidation sites excluding steroid dienone is 1. The van der Waals surface area contributed by atoms with Gasteiger partial charge in [0.1, 0.15) is 5.01 Å². The van der Waals surface area contributed by atoms with E-state index in [2.05, 4.69) is 72.5 Å². The van der Waals surface area contributed by atoms with Crippen molar-refractivity contribution in [1.29, 1.82) is 0 Å². The molecule has 108 valence electrons. The van der Waals surface area contributed by atoms with Gasteiger partial charge in [-0.3, -0.25) is 0 Å². The monoisotopic (exact) mass is 304 g/mol. The Bertz CT molecular complexity index is 856. The van der Waals surface area contributed by atoms with Gasteiger partial charge in [-0.05, 0) is 42.8 Å². The van der Waals surface area contributed by atoms with Gasteiger partial charge in [-0.15, -0.1) is 11.3 Å². The van der Waals surface area contributed by atoms with Crippen LogP contribution < -0.4 is 4.90 Å². The summed E-state index contributed by atoms with van der Waals surface area (Å²) in [6, 6.07) is 16.8. The molecule has 0 aliphatic carbocycles. The van der Waals surface area contributed by atoms with Crippen molar-refractivity contribution in [2.45, 2.75) is 6.92 Å². The Hall–Kier alpha value is -2.39. The Morgan fingerprint density at radius 3 is 2.73 bits per heavy atom. The maximum absolute atomic E-state index is 4.71. The molecule has 0 unspecified atom stereocenters. The van der Waals surface area contributed by atoms with E-state index in [-0.39, 0.29) is 0 Å². The van der Waals surface area contributed by atoms with E-state index >= 15 is 0 Å². The molecule has 1 aliphatic heterocycles. The highest BCUT2D eigenvalue weighted by Crippen LogP contribution is 2.32. The third-order valence-electron chi connectivity index (χ3n) is 3.87. The Balaban J connectivity index is 1.78. The van der Waals surface area contributed by atoms with Gasteiger partial charge in [0.05, 0.1) is 10.2 Å². The summed E-state index contributed by atoms with van der Waals surface area (Å²) in [6.07, 6.45) is 6.54. The second kappa shape index (κ2) is 5.43. The van der Waals surface area contributed by atoms with Crippen molar-refractivity contribution in [3.05, 3.63) is 70.9 Å². The van der Waals surface area contributed by atoms with Crippen LogP contribution in [0, 0.1) is 0 Å². The molecule has 4 rings (SSSR count). The molecule has 0 fully saturated rings. The number of nitrogens with zero attached hydrogens (tertiary/aromatic N) is 2. The second-order valence-electron chi connectivity index (χ2n) is 5.23. The van der Waals surface area contributed by atoms with E-state index < -0.39 is 0 Å². The van der Waals surface area contributed by atoms with Gasteiger partial charge in [0.2, 0.25) is 0 Å². The Morgan fingerprint density at radius 1 is 1.05 bits per heavy atom. The number of hydrogen-bond acceptors (Lipinski definition) is 3. The molecule has 2 heterocycles. The lowest BCUT2D eigenvalue weighted by Gasteiger charge is -2.29. The Labute approximate surface area is 134 Å². The minimum absolute atomic E-state index is 0.943. The van der Waals surface area contributed by atoms with Crippen LogP contribution in [-0.4, -0.2) is 11.5 Å². The molecular weight excluding hydrogens is 288 g/mol. The number of para-hydroxylation sites is 2. The first kappa shape index (κ1) is 13.3. The highest BCUT2D eigenvalue weighted by Gasteiger charge is 2.15. The fourth-order valence-corrected chi connectivity index (χ4v) is 3.75. The zero-order valence-corrected chi connectivity index (χ0v) is 13.2. The fourth-order valence-electron chi connectivity index (χ4n) is 2.84. The molecule has 0 radical (unpaired) electrons. The van der Waals surface area contributed by atoms with Crippen LogP contribution in [-0.2, 0) is 0 Å². The molecule has 2 aromatic carbocycles. The predicted octanol–water partition coefficient (Wildman–Crippen LogP) is 5.19. The van der Waals surface area contributed by atoms with Gasteiger partial charge < -0.3 is 4.90 Å². The van der Waals surface area contributed by atoms with Crippen molar-refractivity contribution in [1.82, 2.24) is 4.98 Å². The smallest absolute Gasteiger partial charge is 0.119 e. The van der Waals surface area contributed by atoms with E-state index in [1.54, 1.807) is 11.3 Å². The summed E-state index contributed by atoms with van der Waals surface area (Å²) in [6.45, 7) is 3.13. The molecule has 3 heteroatoms. The van der Waals surface area contributed by atoms with E-state index in [0.29, 0.717) is 0 Å². The normalized spacial score (nSPS) is 15.5. The van der Waals surface area contributed by atoms with Gasteiger partial charge in [-0.2, -0.15) is 0 Å². The summed E-state index contributed by atoms with van der Waals surface area (Å²) in [5, 5.41) is 1.05. The largest absolute Gasteiger partial charge is 0.341 e. The minimum atomic E-state index is 0.943. The Kier molecular flexibility index (Phi) is 3.28. The van der Waals surface area contributed by atoms with Gasteiger partial charge in [0.15, 0.2) is 0 Å². The molecule has 2 nitrogen and oxygen atoms in total. The van der Waals surface area contributed by atoms with Gasteiger partial charge in [0, 0.05) is 17.9 Å². The van der Waals surface area contributed by atoms with Crippen LogP contribution in [0.5, 0.6) is 0 Å². The second-order valence-corrected chi connectivity index (χ2v) is 6.29. The number of likely N-dealkylation sites (N-methyl/N-ethyl adjacent to an activating group) is 1. The van der Waals surface area contributed by atoms with Crippen molar-refractivity contribution < 1.29 is 0 Å². The third-order valence-corrected chi connectivity index (χ3v) is 4.85. The molecule has 1 aromatic heterocycles. The molecule has 0 saturated carbocycles. The molecular formula is C19H16N2S. The first-order valence-corrected chi connectivity index (χ1v) is 8.29. The molecule has 0 bridgehead atoms. The average molecular weight is 304 g/mol. The lowest BCUT2D eigenvalue weighted by Crippen LogP contribution is -2.23. The topological polar surface area (TPSA) is 16.1 Å². The maximum atomic E-state index is 4.71. The summed E-state index contributed by atoms with van der Waals surface area (Å²) in [5.74, 6) is 0. The average Bonchev–Trinajstić information content (AvgIpc) is 2.97. The summed E-state index contributed by atoms with van der Waals surface area (Å²) < 4.78 is 1.23. The SMILES string of the molecule is CCN1/C(=C/c2nc3ccccc3s2)C=Cc2ccccc21. The molecule has 0 amide bonds. The number of thiazole rings is 1. The van der Waals surface area contributed by atoms with Crippen LogP contribution in [0.4, 0.5) is 5.69 Å². The summed E-state index contributed by atoms with van der Waals surface area (Å²) in [5.41, 5.74) is 4.80. The van der Waals surface area contributed by atoms with Crippen LogP contribution in [0.1, 0.15) is 17.5 Å². The lowest BCUT2D eigenvalue weighted by atomic mass is 10.1. The van der Waals surface area contributed by atoms with Crippen LogP contribution in [0.2, 0.25) is 0 Å². The number of hydrogen-bond donors (Lipinski definition) is 0.